The van der Waals surface area contributed by atoms with Gasteiger partial charge in [0.1, 0.15) is 0 Å². The molecule has 2 fully saturated rings. The van der Waals surface area contributed by atoms with Gasteiger partial charge >= 0.3 is 0 Å². The number of aliphatic hydroxyl groups is 1. The fraction of sp³-hybridized carbons (Fsp3) is 1.00. The van der Waals surface area contributed by atoms with Crippen molar-refractivity contribution >= 4 is 0 Å². The van der Waals surface area contributed by atoms with Crippen LogP contribution in [0.15, 0.2) is 0 Å². The molecule has 2 saturated heterocycles. The lowest BCUT2D eigenvalue weighted by atomic mass is 10.1. The number of piperidine rings is 2. The van der Waals surface area contributed by atoms with Crippen LogP contribution >= 0.6 is 0 Å². The van der Waals surface area contributed by atoms with E-state index in [0.717, 1.165) is 26.1 Å². The van der Waals surface area contributed by atoms with Gasteiger partial charge in [-0.15, -0.1) is 0 Å². The standard InChI is InChI=1S/C11H22N2O/c14-11-5-4-8-13(9-11)10-12-6-2-1-3-7-12/h11,14H,1-10H2. The molecular weight excluding hydrogens is 176 g/mol. The van der Waals surface area contributed by atoms with E-state index in [0.29, 0.717) is 0 Å². The molecule has 1 atom stereocenters. The Kier molecular flexibility index (Phi) is 3.79. The van der Waals surface area contributed by atoms with Crippen molar-refractivity contribution in [1.29, 1.82) is 0 Å². The largest absolute Gasteiger partial charge is 0.392 e. The van der Waals surface area contributed by atoms with E-state index in [2.05, 4.69) is 9.80 Å². The Bertz CT molecular complexity index is 169. The van der Waals surface area contributed by atoms with Gasteiger partial charge in [0.05, 0.1) is 12.8 Å². The normalized spacial score (nSPS) is 31.9. The molecule has 2 aliphatic heterocycles. The fourth-order valence-corrected chi connectivity index (χ4v) is 2.54. The van der Waals surface area contributed by atoms with Crippen molar-refractivity contribution in [3.63, 3.8) is 0 Å². The third-order valence-electron chi connectivity index (χ3n) is 3.33. The summed E-state index contributed by atoms with van der Waals surface area (Å²) in [4.78, 5) is 4.93. The predicted molar refractivity (Wildman–Crippen MR) is 57.1 cm³/mol. The highest BCUT2D eigenvalue weighted by molar-refractivity contribution is 4.73. The van der Waals surface area contributed by atoms with E-state index in [1.54, 1.807) is 0 Å². The Morgan fingerprint density at radius 1 is 0.929 bits per heavy atom. The molecule has 14 heavy (non-hydrogen) atoms. The van der Waals surface area contributed by atoms with Gasteiger partial charge < -0.3 is 5.11 Å². The average Bonchev–Trinajstić information content (AvgIpc) is 2.19. The molecule has 0 bridgehead atoms. The van der Waals surface area contributed by atoms with Crippen molar-refractivity contribution in [2.24, 2.45) is 0 Å². The third-order valence-corrected chi connectivity index (χ3v) is 3.33. The SMILES string of the molecule is OC1CCCN(CN2CCCCC2)C1. The van der Waals surface area contributed by atoms with Crippen LogP contribution in [0.5, 0.6) is 0 Å². The van der Waals surface area contributed by atoms with Crippen LogP contribution in [-0.4, -0.2) is 53.9 Å². The summed E-state index contributed by atoms with van der Waals surface area (Å²) in [5, 5.41) is 9.55. The maximum Gasteiger partial charge on any atom is 0.0668 e. The molecule has 2 heterocycles. The van der Waals surface area contributed by atoms with Crippen LogP contribution in [0.4, 0.5) is 0 Å². The molecule has 3 heteroatoms. The Hall–Kier alpha value is -0.120. The van der Waals surface area contributed by atoms with Crippen LogP contribution in [0.1, 0.15) is 32.1 Å². The summed E-state index contributed by atoms with van der Waals surface area (Å²) >= 11 is 0. The van der Waals surface area contributed by atoms with Gasteiger partial charge in [-0.25, -0.2) is 0 Å². The maximum absolute atomic E-state index is 9.55. The highest BCUT2D eigenvalue weighted by Gasteiger charge is 2.20. The molecular formula is C11H22N2O. The van der Waals surface area contributed by atoms with Crippen LogP contribution in [0.2, 0.25) is 0 Å². The first-order chi connectivity index (χ1) is 6.84. The second-order valence-electron chi connectivity index (χ2n) is 4.69. The lowest BCUT2D eigenvalue weighted by molar-refractivity contribution is 0.0307. The van der Waals surface area contributed by atoms with Gasteiger partial charge in [0, 0.05) is 6.54 Å². The number of rotatable bonds is 2. The fourth-order valence-electron chi connectivity index (χ4n) is 2.54. The highest BCUT2D eigenvalue weighted by Crippen LogP contribution is 2.13. The zero-order valence-corrected chi connectivity index (χ0v) is 8.99. The van der Waals surface area contributed by atoms with Gasteiger partial charge in [-0.3, -0.25) is 9.80 Å². The first-order valence-corrected chi connectivity index (χ1v) is 5.97. The van der Waals surface area contributed by atoms with E-state index >= 15 is 0 Å². The zero-order valence-electron chi connectivity index (χ0n) is 8.99. The van der Waals surface area contributed by atoms with Gasteiger partial charge in [0.15, 0.2) is 0 Å². The number of hydrogen-bond donors (Lipinski definition) is 1. The van der Waals surface area contributed by atoms with Crippen molar-refractivity contribution in [2.45, 2.75) is 38.2 Å². The summed E-state index contributed by atoms with van der Waals surface area (Å²) < 4.78 is 0. The number of hydrogen-bond acceptors (Lipinski definition) is 3. The van der Waals surface area contributed by atoms with Crippen molar-refractivity contribution < 1.29 is 5.11 Å². The summed E-state index contributed by atoms with van der Waals surface area (Å²) in [6.45, 7) is 5.65. The molecule has 0 aliphatic carbocycles. The van der Waals surface area contributed by atoms with E-state index in [-0.39, 0.29) is 6.10 Å². The van der Waals surface area contributed by atoms with Crippen molar-refractivity contribution in [3.8, 4) is 0 Å². The van der Waals surface area contributed by atoms with Crippen LogP contribution < -0.4 is 0 Å². The maximum atomic E-state index is 9.55. The van der Waals surface area contributed by atoms with E-state index in [1.165, 1.54) is 38.9 Å². The minimum Gasteiger partial charge on any atom is -0.392 e. The second kappa shape index (κ2) is 5.10. The molecule has 0 spiro atoms. The van der Waals surface area contributed by atoms with Gasteiger partial charge in [-0.2, -0.15) is 0 Å². The van der Waals surface area contributed by atoms with E-state index in [9.17, 15) is 5.11 Å². The molecule has 2 aliphatic rings. The summed E-state index contributed by atoms with van der Waals surface area (Å²) in [5.74, 6) is 0. The number of nitrogens with zero attached hydrogens (tertiary/aromatic N) is 2. The number of β-amino-alcohol motifs (C(OH)–C–C–N with tert-alkyl or cyclic N) is 1. The average molecular weight is 198 g/mol. The molecule has 0 aromatic carbocycles. The van der Waals surface area contributed by atoms with Crippen molar-refractivity contribution in [2.75, 3.05) is 32.8 Å². The van der Waals surface area contributed by atoms with E-state index < -0.39 is 0 Å². The van der Waals surface area contributed by atoms with Crippen LogP contribution in [0, 0.1) is 0 Å². The molecule has 0 saturated carbocycles. The molecule has 1 N–H and O–H groups in total. The molecule has 3 nitrogen and oxygen atoms in total. The van der Waals surface area contributed by atoms with E-state index in [4.69, 9.17) is 0 Å². The topological polar surface area (TPSA) is 26.7 Å². The first kappa shape index (κ1) is 10.4. The Morgan fingerprint density at radius 3 is 2.36 bits per heavy atom. The predicted octanol–water partition coefficient (Wildman–Crippen LogP) is 0.886. The van der Waals surface area contributed by atoms with E-state index in [1.807, 2.05) is 0 Å². The molecule has 82 valence electrons. The lowest BCUT2D eigenvalue weighted by Crippen LogP contribution is -2.46. The van der Waals surface area contributed by atoms with Gasteiger partial charge in [-0.1, -0.05) is 6.42 Å². The summed E-state index contributed by atoms with van der Waals surface area (Å²) in [6.07, 6.45) is 6.20. The molecule has 1 unspecified atom stereocenters. The monoisotopic (exact) mass is 198 g/mol. The van der Waals surface area contributed by atoms with Gasteiger partial charge in [-0.05, 0) is 45.3 Å². The minimum atomic E-state index is -0.0754. The minimum absolute atomic E-state index is 0.0754. The highest BCUT2D eigenvalue weighted by atomic mass is 16.3. The van der Waals surface area contributed by atoms with Crippen molar-refractivity contribution in [3.05, 3.63) is 0 Å². The molecule has 0 aromatic heterocycles. The molecule has 0 amide bonds. The Morgan fingerprint density at radius 2 is 1.64 bits per heavy atom. The molecule has 0 aromatic rings. The quantitative estimate of drug-likeness (QED) is 0.714. The zero-order chi connectivity index (χ0) is 9.80. The van der Waals surface area contributed by atoms with Crippen molar-refractivity contribution in [1.82, 2.24) is 9.80 Å². The summed E-state index contributed by atoms with van der Waals surface area (Å²) in [5.41, 5.74) is 0. The molecule has 0 radical (unpaired) electrons. The van der Waals surface area contributed by atoms with Crippen LogP contribution in [-0.2, 0) is 0 Å². The number of aliphatic hydroxyl groups excluding tert-OH is 1. The molecule has 2 rings (SSSR count). The Labute approximate surface area is 86.7 Å². The number of likely N-dealkylation sites (tertiary alicyclic amines) is 2. The summed E-state index contributed by atoms with van der Waals surface area (Å²) in [6, 6.07) is 0. The van der Waals surface area contributed by atoms with Crippen LogP contribution in [0.25, 0.3) is 0 Å². The first-order valence-electron chi connectivity index (χ1n) is 5.97. The second-order valence-corrected chi connectivity index (χ2v) is 4.69. The smallest absolute Gasteiger partial charge is 0.0668 e. The third kappa shape index (κ3) is 2.94. The lowest BCUT2D eigenvalue weighted by Gasteiger charge is -2.36. The summed E-state index contributed by atoms with van der Waals surface area (Å²) in [7, 11) is 0. The van der Waals surface area contributed by atoms with Gasteiger partial charge in [0.25, 0.3) is 0 Å². The Balaban J connectivity index is 1.72. The van der Waals surface area contributed by atoms with Gasteiger partial charge in [0.2, 0.25) is 0 Å². The van der Waals surface area contributed by atoms with Crippen LogP contribution in [0.3, 0.4) is 0 Å².